The largest absolute Gasteiger partial charge is 0.385 e. The molecule has 4 aliphatic rings. The first-order chi connectivity index (χ1) is 17.8. The molecule has 0 aromatic rings. The van der Waals surface area contributed by atoms with Gasteiger partial charge in [-0.2, -0.15) is 0 Å². The van der Waals surface area contributed by atoms with E-state index in [1.807, 2.05) is 0 Å². The van der Waals surface area contributed by atoms with E-state index in [4.69, 9.17) is 20.0 Å². The molecule has 8 nitrogen and oxygen atoms in total. The summed E-state index contributed by atoms with van der Waals surface area (Å²) in [5.74, 6) is 2.56. The lowest BCUT2D eigenvalue weighted by molar-refractivity contribution is -0.128. The Balaban J connectivity index is 1.24. The molecule has 208 valence electrons. The molecule has 0 saturated heterocycles. The van der Waals surface area contributed by atoms with Gasteiger partial charge in [0.1, 0.15) is 5.78 Å². The second-order valence-corrected chi connectivity index (χ2v) is 12.0. The van der Waals surface area contributed by atoms with E-state index in [1.54, 1.807) is 6.92 Å². The van der Waals surface area contributed by atoms with Crippen LogP contribution in [0.2, 0.25) is 0 Å². The Kier molecular flexibility index (Phi) is 9.46. The van der Waals surface area contributed by atoms with Gasteiger partial charge in [-0.1, -0.05) is 24.6 Å². The van der Waals surface area contributed by atoms with Crippen LogP contribution in [0.15, 0.2) is 16.8 Å². The van der Waals surface area contributed by atoms with E-state index >= 15 is 0 Å². The molecule has 8 heteroatoms. The van der Waals surface area contributed by atoms with Gasteiger partial charge in [0, 0.05) is 19.0 Å². The molecule has 0 aliphatic heterocycles. The van der Waals surface area contributed by atoms with Crippen molar-refractivity contribution in [2.45, 2.75) is 72.1 Å². The Morgan fingerprint density at radius 1 is 1.03 bits per heavy atom. The maximum Gasteiger partial charge on any atom is 0.260 e. The molecule has 3 N–H and O–H groups in total. The van der Waals surface area contributed by atoms with Crippen molar-refractivity contribution < 1.29 is 23.9 Å². The van der Waals surface area contributed by atoms with Crippen molar-refractivity contribution in [2.24, 2.45) is 45.4 Å². The predicted octanol–water partition coefficient (Wildman–Crippen LogP) is 3.64. The van der Waals surface area contributed by atoms with Crippen molar-refractivity contribution >= 4 is 17.4 Å². The maximum atomic E-state index is 12.4. The van der Waals surface area contributed by atoms with Gasteiger partial charge in [-0.15, -0.1) is 0 Å². The molecule has 3 fully saturated rings. The first-order valence-corrected chi connectivity index (χ1v) is 14.3. The molecule has 6 atom stereocenters. The second-order valence-electron chi connectivity index (χ2n) is 12.0. The summed E-state index contributed by atoms with van der Waals surface area (Å²) < 4.78 is 10.6. The lowest BCUT2D eigenvalue weighted by Crippen LogP contribution is -2.51. The highest BCUT2D eigenvalue weighted by Crippen LogP contribution is 2.66. The number of carbonyl (C=O) groups is 2. The van der Waals surface area contributed by atoms with E-state index in [0.29, 0.717) is 57.1 Å². The molecular weight excluding hydrogens is 470 g/mol. The van der Waals surface area contributed by atoms with Crippen LogP contribution >= 0.6 is 0 Å². The minimum Gasteiger partial charge on any atom is -0.385 e. The van der Waals surface area contributed by atoms with E-state index in [2.05, 4.69) is 30.4 Å². The Morgan fingerprint density at radius 2 is 1.81 bits per heavy atom. The Hall–Kier alpha value is -1.77. The highest BCUT2D eigenvalue weighted by atomic mass is 16.6. The molecule has 4 rings (SSSR count). The number of fused-ring (bicyclic) bond motifs is 5. The van der Waals surface area contributed by atoms with Crippen LogP contribution in [-0.2, 0) is 23.9 Å². The van der Waals surface area contributed by atoms with Crippen LogP contribution in [0.4, 0.5) is 0 Å². The van der Waals surface area contributed by atoms with Gasteiger partial charge in [-0.25, -0.2) is 0 Å². The molecule has 37 heavy (non-hydrogen) atoms. The summed E-state index contributed by atoms with van der Waals surface area (Å²) in [5, 5.41) is 7.09. The number of ketones is 1. The van der Waals surface area contributed by atoms with Gasteiger partial charge in [-0.3, -0.25) is 9.59 Å². The summed E-state index contributed by atoms with van der Waals surface area (Å²) in [6.07, 6.45) is 11.2. The van der Waals surface area contributed by atoms with Gasteiger partial charge in [0.25, 0.3) is 5.91 Å². The molecule has 0 aromatic carbocycles. The topological polar surface area (TPSA) is 112 Å². The van der Waals surface area contributed by atoms with Crippen LogP contribution in [0.3, 0.4) is 0 Å². The second kappa shape index (κ2) is 12.4. The fraction of sp³-hybridized carbons (Fsp3) is 0.828. The number of nitrogens with one attached hydrogen (secondary N) is 1. The summed E-state index contributed by atoms with van der Waals surface area (Å²) in [5.41, 5.74) is 8.21. The van der Waals surface area contributed by atoms with E-state index in [1.165, 1.54) is 31.3 Å². The molecule has 3 unspecified atom stereocenters. The highest BCUT2D eigenvalue weighted by molar-refractivity contribution is 5.96. The van der Waals surface area contributed by atoms with Crippen LogP contribution in [0.5, 0.6) is 0 Å². The van der Waals surface area contributed by atoms with Gasteiger partial charge < -0.3 is 25.4 Å². The number of nitrogens with zero attached hydrogens (tertiary/aromatic N) is 1. The number of hydrogen-bond acceptors (Lipinski definition) is 7. The third-order valence-corrected chi connectivity index (χ3v) is 10.0. The normalized spacial score (nSPS) is 35.8. The molecular formula is C29H47N3O5. The number of oxime groups is 1. The number of allylic oxidation sites excluding steroid dienone is 2. The van der Waals surface area contributed by atoms with Crippen molar-refractivity contribution in [1.82, 2.24) is 5.32 Å². The monoisotopic (exact) mass is 517 g/mol. The van der Waals surface area contributed by atoms with Crippen molar-refractivity contribution in [3.8, 4) is 0 Å². The zero-order valence-corrected chi connectivity index (χ0v) is 23.1. The number of nitrogens with two attached hydrogens (primary N) is 1. The van der Waals surface area contributed by atoms with Gasteiger partial charge in [-0.05, 0) is 93.0 Å². The predicted molar refractivity (Wildman–Crippen MR) is 143 cm³/mol. The maximum absolute atomic E-state index is 12.4. The van der Waals surface area contributed by atoms with Crippen molar-refractivity contribution in [1.29, 1.82) is 0 Å². The van der Waals surface area contributed by atoms with Gasteiger partial charge in [0.05, 0.1) is 32.1 Å². The van der Waals surface area contributed by atoms with Crippen LogP contribution in [-0.4, -0.2) is 63.5 Å². The van der Waals surface area contributed by atoms with Crippen LogP contribution in [0.25, 0.3) is 0 Å². The third-order valence-electron chi connectivity index (χ3n) is 10.0. The molecule has 0 heterocycles. The number of amides is 1. The Morgan fingerprint density at radius 3 is 2.57 bits per heavy atom. The molecule has 3 saturated carbocycles. The number of Topliss-reactive ketones (excluding diaryl/α,β-unsaturated/α-hetero) is 1. The summed E-state index contributed by atoms with van der Waals surface area (Å²) >= 11 is 0. The lowest BCUT2D eigenvalue weighted by atomic mass is 9.46. The third kappa shape index (κ3) is 6.12. The zero-order chi connectivity index (χ0) is 26.5. The Labute approximate surface area is 222 Å². The van der Waals surface area contributed by atoms with Crippen molar-refractivity contribution in [3.05, 3.63) is 11.6 Å². The summed E-state index contributed by atoms with van der Waals surface area (Å²) in [6.45, 7) is 9.45. The molecule has 0 spiro atoms. The minimum atomic E-state index is -0.202. The summed E-state index contributed by atoms with van der Waals surface area (Å²) in [7, 11) is 0. The van der Waals surface area contributed by atoms with Crippen LogP contribution < -0.4 is 11.1 Å². The van der Waals surface area contributed by atoms with Crippen LogP contribution in [0.1, 0.15) is 72.1 Å². The first-order valence-electron chi connectivity index (χ1n) is 14.3. The number of carbonyl (C=O) groups excluding carboxylic acids is 2. The van der Waals surface area contributed by atoms with E-state index in [0.717, 1.165) is 37.3 Å². The quantitative estimate of drug-likeness (QED) is 0.302. The lowest BCUT2D eigenvalue weighted by Gasteiger charge is -2.58. The average molecular weight is 518 g/mol. The van der Waals surface area contributed by atoms with Crippen LogP contribution in [0, 0.1) is 34.5 Å². The van der Waals surface area contributed by atoms with E-state index in [9.17, 15) is 9.59 Å². The fourth-order valence-electron chi connectivity index (χ4n) is 8.20. The van der Waals surface area contributed by atoms with E-state index in [-0.39, 0.29) is 29.3 Å². The van der Waals surface area contributed by atoms with Crippen molar-refractivity contribution in [3.63, 3.8) is 0 Å². The first kappa shape index (κ1) is 28.2. The molecule has 0 radical (unpaired) electrons. The summed E-state index contributed by atoms with van der Waals surface area (Å²) in [4.78, 5) is 29.8. The smallest absolute Gasteiger partial charge is 0.260 e. The average Bonchev–Trinajstić information content (AvgIpc) is 3.23. The highest BCUT2D eigenvalue weighted by Gasteiger charge is 2.59. The van der Waals surface area contributed by atoms with E-state index < -0.39 is 0 Å². The SMILES string of the molecule is CC(=O)[C@H]1CCC2C3CCC4=C/C(=N/OCC(=O)NCCOCCOCCN)CC[C@]4(C)C3CC[C@@]21C. The fourth-order valence-corrected chi connectivity index (χ4v) is 8.20. The van der Waals surface area contributed by atoms with Crippen molar-refractivity contribution in [2.75, 3.05) is 46.1 Å². The van der Waals surface area contributed by atoms with Gasteiger partial charge >= 0.3 is 0 Å². The molecule has 0 bridgehead atoms. The van der Waals surface area contributed by atoms with Gasteiger partial charge in [0.15, 0.2) is 6.61 Å². The summed E-state index contributed by atoms with van der Waals surface area (Å²) in [6, 6.07) is 0. The Bertz CT molecular complexity index is 889. The standard InChI is InChI=1S/C29H47N3O5/c1-20(33)24-6-7-25-23-5-4-21-18-22(8-10-28(21,2)26(23)9-11-29(24,25)3)32-37-19-27(34)31-13-15-36-17-16-35-14-12-30/h18,23-26H,4-17,19,30H2,1-3H3,(H,31,34)/b32-22+/t23?,24-,25?,26?,28+,29-/m1/s1. The van der Waals surface area contributed by atoms with Gasteiger partial charge in [0.2, 0.25) is 0 Å². The molecule has 4 aliphatic carbocycles. The number of hydrogen-bond donors (Lipinski definition) is 2. The number of rotatable bonds is 12. The zero-order valence-electron chi connectivity index (χ0n) is 23.1. The number of ether oxygens (including phenoxy) is 2. The molecule has 0 aromatic heterocycles. The molecule has 1 amide bonds. The minimum absolute atomic E-state index is 0.0914.